The first-order valence-corrected chi connectivity index (χ1v) is 4.46. The lowest BCUT2D eigenvalue weighted by molar-refractivity contribution is -0.0510. The lowest BCUT2D eigenvalue weighted by atomic mass is 11.6. The van der Waals surface area contributed by atoms with Gasteiger partial charge in [0.25, 0.3) is 0 Å². The average Bonchev–Trinajstić information content (AvgIpc) is 1.66. The number of hydrogen-bond donors (Lipinski definition) is 1. The van der Waals surface area contributed by atoms with Crippen molar-refractivity contribution in [1.82, 2.24) is 0 Å². The Bertz CT molecular complexity index is 171. The van der Waals surface area contributed by atoms with Crippen LogP contribution in [0.4, 0.5) is 13.2 Å². The molecule has 0 aliphatic carbocycles. The van der Waals surface area contributed by atoms with Crippen LogP contribution in [0.5, 0.6) is 0 Å². The number of alkyl halides is 3. The fraction of sp³-hybridized carbons (Fsp3) is 1.00. The van der Waals surface area contributed by atoms with Gasteiger partial charge in [0.2, 0.25) is 0 Å². The molecule has 1 N–H and O–H groups in total. The Morgan fingerprint density at radius 1 is 1.30 bits per heavy atom. The van der Waals surface area contributed by atoms with E-state index in [-0.39, 0.29) is 0 Å². The maximum atomic E-state index is 10.7. The summed E-state index contributed by atoms with van der Waals surface area (Å²) in [5, 5.41) is 0. The molecule has 0 fully saturated rings. The zero-order valence-electron chi connectivity index (χ0n) is 4.88. The van der Waals surface area contributed by atoms with Gasteiger partial charge in [0.1, 0.15) is 0 Å². The van der Waals surface area contributed by atoms with Crippen LogP contribution in [0.3, 0.4) is 0 Å². The first-order chi connectivity index (χ1) is 4.25. The molecule has 1 atom stereocenters. The summed E-state index contributed by atoms with van der Waals surface area (Å²) in [5.41, 5.74) is -5.53. The average molecular weight is 198 g/mol. The monoisotopic (exact) mass is 198 g/mol. The second-order valence-corrected chi connectivity index (χ2v) is 2.33. The van der Waals surface area contributed by atoms with Crippen molar-refractivity contribution in [3.05, 3.63) is 0 Å². The quantitative estimate of drug-likeness (QED) is 0.357. The third-order valence-electron chi connectivity index (χ3n) is 0.292. The molecule has 10 heavy (non-hydrogen) atoms. The number of hydrogen-bond acceptors (Lipinski definition) is 2. The molecule has 0 heterocycles. The van der Waals surface area contributed by atoms with E-state index < -0.39 is 15.6 Å². The fourth-order valence-corrected chi connectivity index (χ4v) is 0. The smallest absolute Gasteiger partial charge is 0.279 e. The van der Waals surface area contributed by atoms with E-state index in [4.69, 9.17) is 13.0 Å². The zero-order valence-corrected chi connectivity index (χ0v) is 6.85. The summed E-state index contributed by atoms with van der Waals surface area (Å²) >= 11 is 0. The van der Waals surface area contributed by atoms with Gasteiger partial charge in [-0.1, -0.05) is 6.66 Å². The summed E-state index contributed by atoms with van der Waals surface area (Å²) in [6, 6.07) is 0. The highest BCUT2D eigenvalue weighted by atomic mass is 32.2. The van der Waals surface area contributed by atoms with Crippen molar-refractivity contribution in [2.75, 3.05) is 6.66 Å². The van der Waals surface area contributed by atoms with Gasteiger partial charge in [-0.05, 0) is 0 Å². The van der Waals surface area contributed by atoms with Crippen molar-refractivity contribution in [2.24, 2.45) is 0 Å². The Kier molecular flexibility index (Phi) is 5.24. The van der Waals surface area contributed by atoms with Crippen LogP contribution in [0, 0.1) is 0 Å². The number of halogens is 3. The summed E-state index contributed by atoms with van der Waals surface area (Å²) in [4.78, 5) is 0. The van der Waals surface area contributed by atoms with Gasteiger partial charge in [-0.15, -0.1) is 9.24 Å². The zero-order chi connectivity index (χ0) is 9.00. The van der Waals surface area contributed by atoms with Gasteiger partial charge in [-0.25, -0.2) is 0 Å². The lowest BCUT2D eigenvalue weighted by Crippen LogP contribution is -2.21. The minimum Gasteiger partial charge on any atom is -0.279 e. The van der Waals surface area contributed by atoms with E-state index in [0.29, 0.717) is 0 Å². The molecule has 0 amide bonds. The molecule has 0 saturated carbocycles. The molecule has 0 aliphatic rings. The minimum absolute atomic E-state index is 1.92. The van der Waals surface area contributed by atoms with Crippen molar-refractivity contribution >= 4 is 19.4 Å². The van der Waals surface area contributed by atoms with E-state index >= 15 is 0 Å². The molecule has 0 aromatic rings. The van der Waals surface area contributed by atoms with Gasteiger partial charge in [0, 0.05) is 0 Å². The second-order valence-electron chi connectivity index (χ2n) is 0.921. The Balaban J connectivity index is 0. The van der Waals surface area contributed by atoms with Crippen molar-refractivity contribution in [3.8, 4) is 0 Å². The predicted molar refractivity (Wildman–Crippen MR) is 33.2 cm³/mol. The van der Waals surface area contributed by atoms with E-state index in [1.165, 1.54) is 0 Å². The Hall–Kier alpha value is 0.130. The van der Waals surface area contributed by atoms with E-state index in [0.717, 1.165) is 0 Å². The van der Waals surface area contributed by atoms with Gasteiger partial charge >= 0.3 is 15.6 Å². The minimum atomic E-state index is -5.84. The highest BCUT2D eigenvalue weighted by Crippen LogP contribution is 2.20. The molecule has 1 unspecified atom stereocenters. The molecule has 64 valence electrons. The third-order valence-corrected chi connectivity index (χ3v) is 0.877. The van der Waals surface area contributed by atoms with Crippen LogP contribution < -0.4 is 0 Å². The molecule has 0 aliphatic heterocycles. The van der Waals surface area contributed by atoms with E-state index in [2.05, 4.69) is 9.24 Å². The van der Waals surface area contributed by atoms with Crippen LogP contribution in [0.1, 0.15) is 0 Å². The van der Waals surface area contributed by atoms with Crippen LogP contribution in [0.25, 0.3) is 0 Å². The maximum Gasteiger partial charge on any atom is 0.522 e. The van der Waals surface area contributed by atoms with Crippen LogP contribution in [-0.2, 0) is 10.1 Å². The topological polar surface area (TPSA) is 54.4 Å². The van der Waals surface area contributed by atoms with E-state index in [1.54, 1.807) is 0 Å². The normalized spacial score (nSPS) is 11.8. The SMILES string of the molecule is CP.O=S(=O)(O)C(F)(F)F. The molecule has 0 rings (SSSR count). The molecular weight excluding hydrogens is 192 g/mol. The van der Waals surface area contributed by atoms with Crippen molar-refractivity contribution in [2.45, 2.75) is 5.51 Å². The molecule has 0 bridgehead atoms. The highest BCUT2D eigenvalue weighted by Gasteiger charge is 2.44. The molecule has 3 nitrogen and oxygen atoms in total. The molecule has 0 saturated heterocycles. The van der Waals surface area contributed by atoms with Crippen LogP contribution in [-0.4, -0.2) is 25.1 Å². The molecule has 0 radical (unpaired) electrons. The van der Waals surface area contributed by atoms with Crippen LogP contribution in [0.2, 0.25) is 0 Å². The van der Waals surface area contributed by atoms with Gasteiger partial charge in [-0.3, -0.25) is 4.55 Å². The third kappa shape index (κ3) is 4.96. The summed E-state index contributed by atoms with van der Waals surface area (Å²) in [7, 11) is -3.42. The van der Waals surface area contributed by atoms with Gasteiger partial charge in [-0.2, -0.15) is 21.6 Å². The summed E-state index contributed by atoms with van der Waals surface area (Å²) < 4.78 is 57.5. The lowest BCUT2D eigenvalue weighted by Gasteiger charge is -1.97. The van der Waals surface area contributed by atoms with Crippen molar-refractivity contribution in [1.29, 1.82) is 0 Å². The Morgan fingerprint density at radius 3 is 1.40 bits per heavy atom. The summed E-state index contributed by atoms with van der Waals surface area (Å²) in [5.74, 6) is 0. The van der Waals surface area contributed by atoms with Crippen molar-refractivity contribution < 1.29 is 26.1 Å². The van der Waals surface area contributed by atoms with Gasteiger partial charge < -0.3 is 0 Å². The molecule has 0 aromatic carbocycles. The molecule has 0 spiro atoms. The van der Waals surface area contributed by atoms with Gasteiger partial charge in [0.05, 0.1) is 0 Å². The van der Waals surface area contributed by atoms with Crippen LogP contribution >= 0.6 is 9.24 Å². The summed E-state index contributed by atoms with van der Waals surface area (Å²) in [6.45, 7) is 1.92. The first-order valence-electron chi connectivity index (χ1n) is 1.86. The highest BCUT2D eigenvalue weighted by molar-refractivity contribution is 7.86. The van der Waals surface area contributed by atoms with Gasteiger partial charge in [0.15, 0.2) is 0 Å². The second kappa shape index (κ2) is 4.10. The van der Waals surface area contributed by atoms with Crippen molar-refractivity contribution in [3.63, 3.8) is 0 Å². The van der Waals surface area contributed by atoms with E-state index in [9.17, 15) is 13.2 Å². The maximum absolute atomic E-state index is 10.7. The molecule has 8 heteroatoms. The Labute approximate surface area is 58.6 Å². The largest absolute Gasteiger partial charge is 0.522 e. The summed E-state index contributed by atoms with van der Waals surface area (Å²) in [6.07, 6.45) is 0. The van der Waals surface area contributed by atoms with Crippen LogP contribution in [0.15, 0.2) is 0 Å². The standard InChI is InChI=1S/CHF3O3S.CH5P/c2-1(3,4)8(5,6)7;1-2/h(H,5,6,7);2H2,1H3. The van der Waals surface area contributed by atoms with E-state index in [1.807, 2.05) is 6.66 Å². The fourth-order valence-electron chi connectivity index (χ4n) is 0. The predicted octanol–water partition coefficient (Wildman–Crippen LogP) is 0.885. The molecular formula is C2H6F3O3PS. The number of rotatable bonds is 0. The molecule has 0 aromatic heterocycles. The first kappa shape index (κ1) is 12.8. The Morgan fingerprint density at radius 2 is 1.40 bits per heavy atom.